The number of hydrogen-bond donors (Lipinski definition) is 1. The molecule has 0 aromatic carbocycles. The van der Waals surface area contributed by atoms with E-state index in [2.05, 4.69) is 14.5 Å². The van der Waals surface area contributed by atoms with Gasteiger partial charge in [-0.2, -0.15) is 0 Å². The second-order valence-electron chi connectivity index (χ2n) is 3.09. The van der Waals surface area contributed by atoms with E-state index < -0.39 is 30.8 Å². The molecule has 4 nitrogen and oxygen atoms in total. The van der Waals surface area contributed by atoms with E-state index >= 15 is 0 Å². The summed E-state index contributed by atoms with van der Waals surface area (Å²) in [5.41, 5.74) is 3.76. The third kappa shape index (κ3) is 3.42. The fraction of sp³-hybridized carbons (Fsp3) is 0.444. The molecule has 0 spiro atoms. The van der Waals surface area contributed by atoms with Gasteiger partial charge in [-0.25, -0.2) is 13.8 Å². The summed E-state index contributed by atoms with van der Waals surface area (Å²) in [6.45, 7) is -0.427. The fourth-order valence-electron chi connectivity index (χ4n) is 1.22. The SMILES string of the molecule is COc1cc(CN)c(OC(F)(F)F)c(C(F)F)n1. The largest absolute Gasteiger partial charge is 0.573 e. The Balaban J connectivity index is 3.35. The average Bonchev–Trinajstić information content (AvgIpc) is 2.26. The number of ether oxygens (including phenoxy) is 2. The van der Waals surface area contributed by atoms with Crippen molar-refractivity contribution < 1.29 is 31.4 Å². The highest BCUT2D eigenvalue weighted by Gasteiger charge is 2.35. The van der Waals surface area contributed by atoms with Crippen LogP contribution in [0.5, 0.6) is 11.6 Å². The summed E-state index contributed by atoms with van der Waals surface area (Å²) in [5, 5.41) is 0. The third-order valence-corrected chi connectivity index (χ3v) is 1.91. The van der Waals surface area contributed by atoms with Crippen molar-refractivity contribution >= 4 is 0 Å². The van der Waals surface area contributed by atoms with Crippen molar-refractivity contribution in [1.82, 2.24) is 4.98 Å². The lowest BCUT2D eigenvalue weighted by molar-refractivity contribution is -0.275. The van der Waals surface area contributed by atoms with Crippen LogP contribution in [0.4, 0.5) is 22.0 Å². The van der Waals surface area contributed by atoms with Gasteiger partial charge in [-0.15, -0.1) is 13.2 Å². The molecule has 0 radical (unpaired) electrons. The molecule has 2 N–H and O–H groups in total. The molecule has 0 aliphatic heterocycles. The Hall–Kier alpha value is -1.64. The van der Waals surface area contributed by atoms with E-state index in [4.69, 9.17) is 5.73 Å². The minimum absolute atomic E-state index is 0.264. The summed E-state index contributed by atoms with van der Waals surface area (Å²) in [7, 11) is 1.14. The van der Waals surface area contributed by atoms with Gasteiger partial charge in [0, 0.05) is 18.2 Å². The highest BCUT2D eigenvalue weighted by atomic mass is 19.4. The van der Waals surface area contributed by atoms with Crippen molar-refractivity contribution in [2.24, 2.45) is 5.73 Å². The molecule has 1 aromatic rings. The molecule has 0 aliphatic carbocycles. The Morgan fingerprint density at radius 3 is 2.39 bits per heavy atom. The van der Waals surface area contributed by atoms with Gasteiger partial charge in [-0.05, 0) is 0 Å². The van der Waals surface area contributed by atoms with Crippen LogP contribution in [-0.4, -0.2) is 18.5 Å². The number of halogens is 5. The third-order valence-electron chi connectivity index (χ3n) is 1.91. The topological polar surface area (TPSA) is 57.4 Å². The maximum Gasteiger partial charge on any atom is 0.573 e. The Labute approximate surface area is 98.5 Å². The van der Waals surface area contributed by atoms with Crippen molar-refractivity contribution in [3.8, 4) is 11.6 Å². The summed E-state index contributed by atoms with van der Waals surface area (Å²) in [5.74, 6) is -1.35. The quantitative estimate of drug-likeness (QED) is 0.855. The minimum Gasteiger partial charge on any atom is -0.481 e. The van der Waals surface area contributed by atoms with Crippen LogP contribution in [-0.2, 0) is 6.54 Å². The lowest BCUT2D eigenvalue weighted by Crippen LogP contribution is -2.20. The van der Waals surface area contributed by atoms with E-state index in [-0.39, 0.29) is 11.4 Å². The van der Waals surface area contributed by atoms with E-state index in [1.165, 1.54) is 0 Å². The van der Waals surface area contributed by atoms with Gasteiger partial charge in [0.2, 0.25) is 5.88 Å². The van der Waals surface area contributed by atoms with Gasteiger partial charge in [0.25, 0.3) is 6.43 Å². The first kappa shape index (κ1) is 14.4. The number of hydrogen-bond acceptors (Lipinski definition) is 4. The second-order valence-corrected chi connectivity index (χ2v) is 3.09. The van der Waals surface area contributed by atoms with E-state index in [0.717, 1.165) is 13.2 Å². The Morgan fingerprint density at radius 1 is 1.39 bits per heavy atom. The summed E-state index contributed by atoms with van der Waals surface area (Å²) in [6.07, 6.45) is -8.35. The molecule has 0 atom stereocenters. The molecule has 0 bridgehead atoms. The van der Waals surface area contributed by atoms with E-state index in [1.807, 2.05) is 0 Å². The van der Waals surface area contributed by atoms with Crippen molar-refractivity contribution in [3.05, 3.63) is 17.3 Å². The molecule has 0 saturated heterocycles. The molecule has 18 heavy (non-hydrogen) atoms. The molecule has 0 fully saturated rings. The summed E-state index contributed by atoms with van der Waals surface area (Å²) >= 11 is 0. The zero-order chi connectivity index (χ0) is 13.9. The van der Waals surface area contributed by atoms with Gasteiger partial charge in [-0.1, -0.05) is 0 Å². The summed E-state index contributed by atoms with van der Waals surface area (Å²) in [4.78, 5) is 3.23. The minimum atomic E-state index is -5.11. The molecule has 1 aromatic heterocycles. The second kappa shape index (κ2) is 5.34. The van der Waals surface area contributed by atoms with Crippen LogP contribution in [0.1, 0.15) is 17.7 Å². The maximum absolute atomic E-state index is 12.6. The van der Waals surface area contributed by atoms with Crippen molar-refractivity contribution in [3.63, 3.8) is 0 Å². The molecule has 0 saturated carbocycles. The lowest BCUT2D eigenvalue weighted by atomic mass is 10.2. The van der Waals surface area contributed by atoms with Crippen LogP contribution in [0.25, 0.3) is 0 Å². The molecule has 0 unspecified atom stereocenters. The zero-order valence-corrected chi connectivity index (χ0v) is 9.09. The number of nitrogens with two attached hydrogens (primary N) is 1. The van der Waals surface area contributed by atoms with E-state index in [0.29, 0.717) is 0 Å². The molecule has 102 valence electrons. The van der Waals surface area contributed by atoms with Gasteiger partial charge in [0.05, 0.1) is 7.11 Å². The number of pyridine rings is 1. The Kier molecular flexibility index (Phi) is 4.28. The Morgan fingerprint density at radius 2 is 2.00 bits per heavy atom. The first-order chi connectivity index (χ1) is 8.28. The first-order valence-corrected chi connectivity index (χ1v) is 4.60. The van der Waals surface area contributed by atoms with Crippen molar-refractivity contribution in [2.75, 3.05) is 7.11 Å². The zero-order valence-electron chi connectivity index (χ0n) is 9.09. The molecular formula is C9H9F5N2O2. The van der Waals surface area contributed by atoms with Gasteiger partial charge < -0.3 is 15.2 Å². The van der Waals surface area contributed by atoms with Crippen LogP contribution in [0, 0.1) is 0 Å². The van der Waals surface area contributed by atoms with Crippen LogP contribution in [0.15, 0.2) is 6.07 Å². The highest BCUT2D eigenvalue weighted by molar-refractivity contribution is 5.41. The molecule has 0 amide bonds. The van der Waals surface area contributed by atoms with Gasteiger partial charge >= 0.3 is 6.36 Å². The van der Waals surface area contributed by atoms with Crippen molar-refractivity contribution in [2.45, 2.75) is 19.3 Å². The molecule has 1 rings (SSSR count). The van der Waals surface area contributed by atoms with E-state index in [9.17, 15) is 22.0 Å². The molecule has 1 heterocycles. The summed E-state index contributed by atoms with van der Waals surface area (Å²) < 4.78 is 69.7. The molecule has 0 aliphatic rings. The summed E-state index contributed by atoms with van der Waals surface area (Å²) in [6, 6.07) is 1.01. The van der Waals surface area contributed by atoms with Gasteiger partial charge in [0.15, 0.2) is 11.4 Å². The van der Waals surface area contributed by atoms with E-state index in [1.54, 1.807) is 0 Å². The van der Waals surface area contributed by atoms with Crippen LogP contribution in [0.2, 0.25) is 0 Å². The smallest absolute Gasteiger partial charge is 0.481 e. The number of rotatable bonds is 4. The maximum atomic E-state index is 12.6. The number of methoxy groups -OCH3 is 1. The predicted octanol–water partition coefficient (Wildman–Crippen LogP) is 2.39. The van der Waals surface area contributed by atoms with Gasteiger partial charge in [-0.3, -0.25) is 0 Å². The first-order valence-electron chi connectivity index (χ1n) is 4.60. The normalized spacial score (nSPS) is 11.8. The predicted molar refractivity (Wildman–Crippen MR) is 50.3 cm³/mol. The molecular weight excluding hydrogens is 263 g/mol. The number of alkyl halides is 5. The molecule has 9 heteroatoms. The fourth-order valence-corrected chi connectivity index (χ4v) is 1.22. The Bertz CT molecular complexity index is 422. The van der Waals surface area contributed by atoms with Crippen LogP contribution < -0.4 is 15.2 Å². The van der Waals surface area contributed by atoms with Crippen LogP contribution in [0.3, 0.4) is 0 Å². The lowest BCUT2D eigenvalue weighted by Gasteiger charge is -2.16. The number of aromatic nitrogens is 1. The highest BCUT2D eigenvalue weighted by Crippen LogP contribution is 2.36. The standard InChI is InChI=1S/C9H9F5N2O2/c1-17-5-2-4(3-15)7(18-9(12,13)14)6(16-5)8(10)11/h2,8H,3,15H2,1H3. The van der Waals surface area contributed by atoms with Crippen LogP contribution >= 0.6 is 0 Å². The van der Waals surface area contributed by atoms with Crippen molar-refractivity contribution in [1.29, 1.82) is 0 Å². The monoisotopic (exact) mass is 272 g/mol. The number of nitrogens with zero attached hydrogens (tertiary/aromatic N) is 1. The average molecular weight is 272 g/mol. The van der Waals surface area contributed by atoms with Gasteiger partial charge in [0.1, 0.15) is 0 Å².